The van der Waals surface area contributed by atoms with Crippen molar-refractivity contribution >= 4 is 69.1 Å². The summed E-state index contributed by atoms with van der Waals surface area (Å²) >= 11 is 12.6. The summed E-state index contributed by atoms with van der Waals surface area (Å²) in [6.45, 7) is 0. The first kappa shape index (κ1) is 20.0. The number of rotatable bonds is 5. The molecule has 7 nitrogen and oxygen atoms in total. The van der Waals surface area contributed by atoms with Crippen LogP contribution in [0.25, 0.3) is 0 Å². The van der Waals surface area contributed by atoms with E-state index in [1.807, 2.05) is 49.3 Å². The number of thiocarbonyl (C=S) groups is 1. The third-order valence-corrected chi connectivity index (χ3v) is 4.63. The molecule has 144 valence electrons. The standard InChI is InChI=1S/C18H17ClN6OS2/c1-25(2)16-8-3-11(19)9-14(16)22-18(27)21-13-6-4-12(5-7-13)20-17(26)15-10-28-24-23-15/h3-10H,1-2H3,(H,20,26)(H2,21,22,27). The zero-order valence-electron chi connectivity index (χ0n) is 15.1. The summed E-state index contributed by atoms with van der Waals surface area (Å²) in [5.74, 6) is -0.302. The smallest absolute Gasteiger partial charge is 0.277 e. The van der Waals surface area contributed by atoms with Gasteiger partial charge in [0.05, 0.1) is 11.4 Å². The van der Waals surface area contributed by atoms with Gasteiger partial charge in [0.15, 0.2) is 10.8 Å². The summed E-state index contributed by atoms with van der Waals surface area (Å²) in [5.41, 5.74) is 3.47. The summed E-state index contributed by atoms with van der Waals surface area (Å²) in [4.78, 5) is 14.0. The fourth-order valence-electron chi connectivity index (χ4n) is 2.38. The van der Waals surface area contributed by atoms with Crippen LogP contribution in [0.15, 0.2) is 47.8 Å². The van der Waals surface area contributed by atoms with Crippen LogP contribution in [0.1, 0.15) is 10.5 Å². The molecule has 10 heteroatoms. The van der Waals surface area contributed by atoms with Crippen molar-refractivity contribution in [2.45, 2.75) is 0 Å². The van der Waals surface area contributed by atoms with Crippen LogP contribution >= 0.6 is 35.4 Å². The first-order chi connectivity index (χ1) is 13.4. The van der Waals surface area contributed by atoms with Crippen LogP contribution < -0.4 is 20.9 Å². The molecule has 0 spiro atoms. The summed E-state index contributed by atoms with van der Waals surface area (Å²) < 4.78 is 3.68. The van der Waals surface area contributed by atoms with Crippen molar-refractivity contribution in [2.75, 3.05) is 34.9 Å². The molecule has 3 aromatic rings. The average Bonchev–Trinajstić information content (AvgIpc) is 3.18. The fourth-order valence-corrected chi connectivity index (χ4v) is 3.21. The zero-order valence-corrected chi connectivity index (χ0v) is 17.5. The molecule has 1 aromatic heterocycles. The highest BCUT2D eigenvalue weighted by molar-refractivity contribution is 7.80. The van der Waals surface area contributed by atoms with E-state index in [1.54, 1.807) is 17.5 Å². The van der Waals surface area contributed by atoms with Gasteiger partial charge in [-0.15, -0.1) is 5.10 Å². The molecule has 0 bridgehead atoms. The topological polar surface area (TPSA) is 82.2 Å². The minimum Gasteiger partial charge on any atom is -0.376 e. The lowest BCUT2D eigenvalue weighted by molar-refractivity contribution is 0.102. The van der Waals surface area contributed by atoms with Gasteiger partial charge in [-0.2, -0.15) is 0 Å². The van der Waals surface area contributed by atoms with E-state index in [1.165, 1.54) is 0 Å². The van der Waals surface area contributed by atoms with Gasteiger partial charge in [0.2, 0.25) is 0 Å². The van der Waals surface area contributed by atoms with Gasteiger partial charge in [-0.25, -0.2) is 0 Å². The van der Waals surface area contributed by atoms with Gasteiger partial charge in [0, 0.05) is 35.9 Å². The quantitative estimate of drug-likeness (QED) is 0.518. The molecule has 0 unspecified atom stereocenters. The Labute approximate surface area is 176 Å². The van der Waals surface area contributed by atoms with Crippen LogP contribution in [0.2, 0.25) is 5.02 Å². The highest BCUT2D eigenvalue weighted by Gasteiger charge is 2.10. The lowest BCUT2D eigenvalue weighted by Gasteiger charge is -2.19. The SMILES string of the molecule is CN(C)c1ccc(Cl)cc1NC(=S)Nc1ccc(NC(=O)c2csnn2)cc1. The third-order valence-electron chi connectivity index (χ3n) is 3.68. The number of hydrogen-bond donors (Lipinski definition) is 3. The second kappa shape index (κ2) is 8.96. The van der Waals surface area contributed by atoms with Crippen molar-refractivity contribution in [1.82, 2.24) is 9.59 Å². The summed E-state index contributed by atoms with van der Waals surface area (Å²) in [7, 11) is 3.89. The van der Waals surface area contributed by atoms with Gasteiger partial charge >= 0.3 is 0 Å². The number of anilines is 4. The van der Waals surface area contributed by atoms with Crippen molar-refractivity contribution in [1.29, 1.82) is 0 Å². The van der Waals surface area contributed by atoms with Gasteiger partial charge in [0.1, 0.15) is 0 Å². The molecule has 1 heterocycles. The number of hydrogen-bond acceptors (Lipinski definition) is 6. The van der Waals surface area contributed by atoms with Crippen molar-refractivity contribution in [2.24, 2.45) is 0 Å². The molecule has 0 aliphatic heterocycles. The normalized spacial score (nSPS) is 10.2. The largest absolute Gasteiger partial charge is 0.376 e. The van der Waals surface area contributed by atoms with Crippen LogP contribution in [0, 0.1) is 0 Å². The maximum atomic E-state index is 12.0. The summed E-state index contributed by atoms with van der Waals surface area (Å²) in [6, 6.07) is 12.7. The third kappa shape index (κ3) is 5.16. The van der Waals surface area contributed by atoms with Crippen LogP contribution in [-0.4, -0.2) is 34.7 Å². The van der Waals surface area contributed by atoms with Crippen molar-refractivity contribution < 1.29 is 4.79 Å². The molecule has 0 aliphatic carbocycles. The van der Waals surface area contributed by atoms with E-state index in [0.717, 1.165) is 28.6 Å². The lowest BCUT2D eigenvalue weighted by atomic mass is 10.2. The molecule has 0 saturated carbocycles. The van der Waals surface area contributed by atoms with Gasteiger partial charge in [-0.1, -0.05) is 16.1 Å². The van der Waals surface area contributed by atoms with Crippen LogP contribution in [0.5, 0.6) is 0 Å². The van der Waals surface area contributed by atoms with Crippen LogP contribution in [0.4, 0.5) is 22.7 Å². The molecule has 0 radical (unpaired) electrons. The summed E-state index contributed by atoms with van der Waals surface area (Å²) in [5, 5.41) is 15.4. The molecule has 3 N–H and O–H groups in total. The van der Waals surface area contributed by atoms with Crippen LogP contribution in [-0.2, 0) is 0 Å². The van der Waals surface area contributed by atoms with E-state index in [4.69, 9.17) is 23.8 Å². The molecule has 28 heavy (non-hydrogen) atoms. The van der Waals surface area contributed by atoms with Gasteiger partial charge in [-0.3, -0.25) is 4.79 Å². The number of nitrogens with one attached hydrogen (secondary N) is 3. The molecular weight excluding hydrogens is 416 g/mol. The maximum Gasteiger partial charge on any atom is 0.277 e. The Morgan fingerprint density at radius 3 is 2.36 bits per heavy atom. The number of amides is 1. The molecule has 2 aromatic carbocycles. The molecular formula is C18H17ClN6OS2. The first-order valence-corrected chi connectivity index (χ1v) is 9.78. The minimum atomic E-state index is -0.302. The van der Waals surface area contributed by atoms with Crippen LogP contribution in [0.3, 0.4) is 0 Å². The Balaban J connectivity index is 1.62. The second-order valence-electron chi connectivity index (χ2n) is 5.96. The highest BCUT2D eigenvalue weighted by Crippen LogP contribution is 2.28. The molecule has 0 fully saturated rings. The molecule has 1 amide bonds. The van der Waals surface area contributed by atoms with Gasteiger partial charge in [-0.05, 0) is 66.2 Å². The Morgan fingerprint density at radius 1 is 1.07 bits per heavy atom. The van der Waals surface area contributed by atoms with Crippen molar-refractivity contribution in [3.05, 3.63) is 58.6 Å². The highest BCUT2D eigenvalue weighted by atomic mass is 35.5. The molecule has 0 aliphatic rings. The number of halogens is 1. The second-order valence-corrected chi connectivity index (χ2v) is 7.41. The summed E-state index contributed by atoms with van der Waals surface area (Å²) in [6.07, 6.45) is 0. The number of carbonyl (C=O) groups excluding carboxylic acids is 1. The first-order valence-electron chi connectivity index (χ1n) is 8.16. The Kier molecular flexibility index (Phi) is 6.40. The predicted octanol–water partition coefficient (Wildman–Crippen LogP) is 4.32. The van der Waals surface area contributed by atoms with E-state index in [9.17, 15) is 4.79 Å². The number of benzene rings is 2. The maximum absolute atomic E-state index is 12.0. The predicted molar refractivity (Wildman–Crippen MR) is 120 cm³/mol. The van der Waals surface area contributed by atoms with E-state index in [0.29, 0.717) is 15.8 Å². The number of carbonyl (C=O) groups is 1. The van der Waals surface area contributed by atoms with E-state index >= 15 is 0 Å². The Morgan fingerprint density at radius 2 is 1.75 bits per heavy atom. The number of aromatic nitrogens is 2. The Bertz CT molecular complexity index is 976. The van der Waals surface area contributed by atoms with Gasteiger partial charge < -0.3 is 20.9 Å². The van der Waals surface area contributed by atoms with Crippen molar-refractivity contribution in [3.63, 3.8) is 0 Å². The van der Waals surface area contributed by atoms with E-state index in [-0.39, 0.29) is 11.6 Å². The van der Waals surface area contributed by atoms with E-state index in [2.05, 4.69) is 25.5 Å². The van der Waals surface area contributed by atoms with E-state index < -0.39 is 0 Å². The Hall–Kier alpha value is -2.75. The zero-order chi connectivity index (χ0) is 20.1. The number of nitrogens with zero attached hydrogens (tertiary/aromatic N) is 3. The molecule has 0 atom stereocenters. The molecule has 0 saturated heterocycles. The van der Waals surface area contributed by atoms with Crippen molar-refractivity contribution in [3.8, 4) is 0 Å². The van der Waals surface area contributed by atoms with Gasteiger partial charge in [0.25, 0.3) is 5.91 Å². The molecule has 3 rings (SSSR count). The fraction of sp³-hybridized carbons (Fsp3) is 0.111. The lowest BCUT2D eigenvalue weighted by Crippen LogP contribution is -2.21. The minimum absolute atomic E-state index is 0.288. The monoisotopic (exact) mass is 432 g/mol. The average molecular weight is 433 g/mol.